The van der Waals surface area contributed by atoms with Crippen LogP contribution >= 0.6 is 11.8 Å². The van der Waals surface area contributed by atoms with Gasteiger partial charge in [-0.2, -0.15) is 11.8 Å². The van der Waals surface area contributed by atoms with Crippen molar-refractivity contribution < 1.29 is 13.5 Å². The SMILES string of the molecule is CC(C)(C)SCCOc1cc(F)c(N)cc1F. The maximum Gasteiger partial charge on any atom is 0.167 e. The van der Waals surface area contributed by atoms with Crippen molar-refractivity contribution in [3.8, 4) is 5.75 Å². The second kappa shape index (κ2) is 5.58. The molecule has 0 unspecified atom stereocenters. The van der Waals surface area contributed by atoms with Crippen LogP contribution in [0.3, 0.4) is 0 Å². The van der Waals surface area contributed by atoms with Crippen LogP contribution in [0.4, 0.5) is 14.5 Å². The lowest BCUT2D eigenvalue weighted by atomic mass is 10.3. The molecule has 17 heavy (non-hydrogen) atoms. The topological polar surface area (TPSA) is 35.2 Å². The van der Waals surface area contributed by atoms with Gasteiger partial charge in [0, 0.05) is 22.6 Å². The van der Waals surface area contributed by atoms with Crippen LogP contribution < -0.4 is 10.5 Å². The first kappa shape index (κ1) is 14.1. The second-order valence-corrected chi connectivity index (χ2v) is 6.54. The predicted molar refractivity (Wildman–Crippen MR) is 68.5 cm³/mol. The first-order valence-corrected chi connectivity index (χ1v) is 6.29. The molecule has 0 bridgehead atoms. The van der Waals surface area contributed by atoms with E-state index in [-0.39, 0.29) is 16.2 Å². The van der Waals surface area contributed by atoms with E-state index in [4.69, 9.17) is 10.5 Å². The van der Waals surface area contributed by atoms with Crippen molar-refractivity contribution in [2.75, 3.05) is 18.1 Å². The lowest BCUT2D eigenvalue weighted by molar-refractivity contribution is 0.322. The van der Waals surface area contributed by atoms with Crippen molar-refractivity contribution in [2.45, 2.75) is 25.5 Å². The standard InChI is InChI=1S/C12H17F2NOS/c1-12(2,3)17-5-4-16-11-7-8(13)10(15)6-9(11)14/h6-7H,4-5,15H2,1-3H3. The van der Waals surface area contributed by atoms with Gasteiger partial charge < -0.3 is 10.5 Å². The molecule has 2 N–H and O–H groups in total. The Morgan fingerprint density at radius 3 is 2.47 bits per heavy atom. The third-order valence-electron chi connectivity index (χ3n) is 1.93. The van der Waals surface area contributed by atoms with Crippen LogP contribution in [0, 0.1) is 11.6 Å². The molecule has 0 saturated heterocycles. The fourth-order valence-corrected chi connectivity index (χ4v) is 1.93. The largest absolute Gasteiger partial charge is 0.490 e. The second-order valence-electron chi connectivity index (χ2n) is 4.61. The molecule has 0 atom stereocenters. The van der Waals surface area contributed by atoms with Crippen LogP contribution in [0.2, 0.25) is 0 Å². The summed E-state index contributed by atoms with van der Waals surface area (Å²) < 4.78 is 31.7. The summed E-state index contributed by atoms with van der Waals surface area (Å²) in [5, 5.41) is 0. The van der Waals surface area contributed by atoms with Gasteiger partial charge in [-0.25, -0.2) is 8.78 Å². The maximum absolute atomic E-state index is 13.3. The molecule has 0 aliphatic carbocycles. The van der Waals surface area contributed by atoms with Gasteiger partial charge in [-0.1, -0.05) is 20.8 Å². The summed E-state index contributed by atoms with van der Waals surface area (Å²) >= 11 is 1.70. The number of halogens is 2. The van der Waals surface area contributed by atoms with E-state index in [1.165, 1.54) is 0 Å². The highest BCUT2D eigenvalue weighted by molar-refractivity contribution is 8.00. The van der Waals surface area contributed by atoms with Gasteiger partial charge in [0.25, 0.3) is 0 Å². The fraction of sp³-hybridized carbons (Fsp3) is 0.500. The van der Waals surface area contributed by atoms with Crippen LogP contribution in [0.15, 0.2) is 12.1 Å². The Hall–Kier alpha value is -0.970. The van der Waals surface area contributed by atoms with E-state index in [1.807, 2.05) is 0 Å². The first-order chi connectivity index (χ1) is 7.79. The zero-order chi connectivity index (χ0) is 13.1. The van der Waals surface area contributed by atoms with Gasteiger partial charge in [0.15, 0.2) is 11.6 Å². The average molecular weight is 261 g/mol. The van der Waals surface area contributed by atoms with Crippen LogP contribution in [0.5, 0.6) is 5.75 Å². The van der Waals surface area contributed by atoms with Crippen LogP contribution in [-0.2, 0) is 0 Å². The Kier molecular flexibility index (Phi) is 4.62. The highest BCUT2D eigenvalue weighted by Crippen LogP contribution is 2.25. The van der Waals surface area contributed by atoms with E-state index in [0.29, 0.717) is 6.61 Å². The van der Waals surface area contributed by atoms with E-state index in [9.17, 15) is 8.78 Å². The van der Waals surface area contributed by atoms with Crippen molar-refractivity contribution in [3.63, 3.8) is 0 Å². The predicted octanol–water partition coefficient (Wildman–Crippen LogP) is 3.46. The number of benzene rings is 1. The Balaban J connectivity index is 2.50. The molecule has 0 saturated carbocycles. The van der Waals surface area contributed by atoms with Crippen molar-refractivity contribution >= 4 is 17.4 Å². The summed E-state index contributed by atoms with van der Waals surface area (Å²) in [5.74, 6) is -0.671. The molecule has 1 aromatic rings. The third kappa shape index (κ3) is 4.81. The van der Waals surface area contributed by atoms with Gasteiger partial charge in [-0.05, 0) is 0 Å². The molecule has 96 valence electrons. The number of thioether (sulfide) groups is 1. The van der Waals surface area contributed by atoms with E-state index in [1.54, 1.807) is 11.8 Å². The summed E-state index contributed by atoms with van der Waals surface area (Å²) in [4.78, 5) is 0. The maximum atomic E-state index is 13.3. The summed E-state index contributed by atoms with van der Waals surface area (Å²) in [6, 6.07) is 1.91. The van der Waals surface area contributed by atoms with Gasteiger partial charge in [-0.3, -0.25) is 0 Å². The molecule has 5 heteroatoms. The van der Waals surface area contributed by atoms with Gasteiger partial charge in [0.2, 0.25) is 0 Å². The van der Waals surface area contributed by atoms with Crippen molar-refractivity contribution in [2.24, 2.45) is 0 Å². The molecule has 0 fully saturated rings. The van der Waals surface area contributed by atoms with E-state index < -0.39 is 11.6 Å². The monoisotopic (exact) mass is 261 g/mol. The molecular formula is C12H17F2NOS. The minimum Gasteiger partial charge on any atom is -0.490 e. The Morgan fingerprint density at radius 1 is 1.24 bits per heavy atom. The van der Waals surface area contributed by atoms with Crippen molar-refractivity contribution in [1.29, 1.82) is 0 Å². The summed E-state index contributed by atoms with van der Waals surface area (Å²) in [6.45, 7) is 6.59. The molecule has 0 aliphatic heterocycles. The minimum absolute atomic E-state index is 0.0915. The van der Waals surface area contributed by atoms with E-state index in [2.05, 4.69) is 20.8 Å². The summed E-state index contributed by atoms with van der Waals surface area (Å²) in [6.07, 6.45) is 0. The molecule has 0 aromatic heterocycles. The average Bonchev–Trinajstić information content (AvgIpc) is 2.18. The smallest absolute Gasteiger partial charge is 0.167 e. The van der Waals surface area contributed by atoms with E-state index in [0.717, 1.165) is 17.9 Å². The van der Waals surface area contributed by atoms with Gasteiger partial charge in [0.1, 0.15) is 5.82 Å². The lowest BCUT2D eigenvalue weighted by Crippen LogP contribution is -2.12. The Morgan fingerprint density at radius 2 is 1.88 bits per heavy atom. The quantitative estimate of drug-likeness (QED) is 0.666. The number of nitrogens with two attached hydrogens (primary N) is 1. The number of ether oxygens (including phenoxy) is 1. The van der Waals surface area contributed by atoms with E-state index >= 15 is 0 Å². The first-order valence-electron chi connectivity index (χ1n) is 5.31. The molecular weight excluding hydrogens is 244 g/mol. The number of rotatable bonds is 4. The number of anilines is 1. The Labute approximate surface area is 105 Å². The molecule has 0 aliphatic rings. The molecule has 0 radical (unpaired) electrons. The molecule has 2 nitrogen and oxygen atoms in total. The fourth-order valence-electron chi connectivity index (χ4n) is 1.15. The van der Waals surface area contributed by atoms with Crippen molar-refractivity contribution in [3.05, 3.63) is 23.8 Å². The van der Waals surface area contributed by atoms with Gasteiger partial charge in [-0.15, -0.1) is 0 Å². The minimum atomic E-state index is -0.662. The number of nitrogen functional groups attached to an aromatic ring is 1. The third-order valence-corrected chi connectivity index (χ3v) is 3.16. The molecule has 0 heterocycles. The Bertz CT molecular complexity index is 391. The highest BCUT2D eigenvalue weighted by atomic mass is 32.2. The molecule has 0 spiro atoms. The normalized spacial score (nSPS) is 11.6. The van der Waals surface area contributed by atoms with Gasteiger partial charge in [0.05, 0.1) is 12.3 Å². The zero-order valence-electron chi connectivity index (χ0n) is 10.2. The van der Waals surface area contributed by atoms with Crippen molar-refractivity contribution in [1.82, 2.24) is 0 Å². The summed E-state index contributed by atoms with van der Waals surface area (Å²) in [5.41, 5.74) is 5.02. The molecule has 1 rings (SSSR count). The molecule has 0 amide bonds. The van der Waals surface area contributed by atoms with Crippen LogP contribution in [-0.4, -0.2) is 17.1 Å². The van der Waals surface area contributed by atoms with Crippen LogP contribution in [0.1, 0.15) is 20.8 Å². The lowest BCUT2D eigenvalue weighted by Gasteiger charge is -2.17. The summed E-state index contributed by atoms with van der Waals surface area (Å²) in [7, 11) is 0. The number of hydrogen-bond acceptors (Lipinski definition) is 3. The highest BCUT2D eigenvalue weighted by Gasteiger charge is 2.12. The van der Waals surface area contributed by atoms with Gasteiger partial charge >= 0.3 is 0 Å². The molecule has 1 aromatic carbocycles. The van der Waals surface area contributed by atoms with Crippen LogP contribution in [0.25, 0.3) is 0 Å². The number of hydrogen-bond donors (Lipinski definition) is 1. The zero-order valence-corrected chi connectivity index (χ0v) is 11.0.